The van der Waals surface area contributed by atoms with E-state index >= 15 is 0 Å². The van der Waals surface area contributed by atoms with Gasteiger partial charge in [-0.2, -0.15) is 20.5 Å². The quantitative estimate of drug-likeness (QED) is 0.502. The number of aromatic nitrogens is 2. The maximum absolute atomic E-state index is 12.4. The third-order valence-corrected chi connectivity index (χ3v) is 8.03. The van der Waals surface area contributed by atoms with Crippen LogP contribution in [0.15, 0.2) is 36.9 Å². The van der Waals surface area contributed by atoms with E-state index in [-0.39, 0.29) is 18.4 Å². The second-order valence-electron chi connectivity index (χ2n) is 10.3. The van der Waals surface area contributed by atoms with Crippen molar-refractivity contribution in [2.24, 2.45) is 0 Å². The van der Waals surface area contributed by atoms with Crippen LogP contribution < -0.4 is 14.5 Å². The minimum absolute atomic E-state index is 0.156. The van der Waals surface area contributed by atoms with Gasteiger partial charge in [-0.05, 0) is 51.1 Å². The van der Waals surface area contributed by atoms with Crippen molar-refractivity contribution < 1.29 is 9.53 Å². The second-order valence-corrected chi connectivity index (χ2v) is 10.3. The first kappa shape index (κ1) is 26.5. The van der Waals surface area contributed by atoms with Crippen LogP contribution in [0.2, 0.25) is 0 Å². The molecule has 0 saturated carbocycles. The highest BCUT2D eigenvalue weighted by Gasteiger charge is 2.33. The standard InChI is InChI=1S/C29H34N8O2/c1-3-27(38)37-16-15-36(18-22(37)10-12-30)28-24-11-14-35(26-9-5-4-7-21(26)17-31)19-25(24)32-29(33-28)39-20-23-8-6-13-34(23)2/h3-5,7,9,22-23H,1,6,8,10-11,13-16,18-20H2,2H3/t22-,23-/m0/s1. The van der Waals surface area contributed by atoms with Gasteiger partial charge in [0.05, 0.1) is 42.0 Å². The molecule has 202 valence electrons. The van der Waals surface area contributed by atoms with E-state index in [0.717, 1.165) is 48.7 Å². The van der Waals surface area contributed by atoms with E-state index in [4.69, 9.17) is 14.7 Å². The van der Waals surface area contributed by atoms with E-state index in [9.17, 15) is 15.3 Å². The number of carbonyl (C=O) groups is 1. The molecular formula is C29H34N8O2. The van der Waals surface area contributed by atoms with Gasteiger partial charge in [0, 0.05) is 37.8 Å². The van der Waals surface area contributed by atoms with Crippen LogP contribution in [0.3, 0.4) is 0 Å². The number of piperazine rings is 1. The van der Waals surface area contributed by atoms with Crippen LogP contribution in [0.25, 0.3) is 0 Å². The highest BCUT2D eigenvalue weighted by molar-refractivity contribution is 5.87. The van der Waals surface area contributed by atoms with E-state index in [1.165, 1.54) is 6.08 Å². The van der Waals surface area contributed by atoms with Crippen LogP contribution in [0.4, 0.5) is 11.5 Å². The van der Waals surface area contributed by atoms with E-state index < -0.39 is 0 Å². The molecule has 2 fully saturated rings. The molecule has 10 heteroatoms. The Labute approximate surface area is 229 Å². The molecule has 2 atom stereocenters. The summed E-state index contributed by atoms with van der Waals surface area (Å²) in [7, 11) is 2.12. The van der Waals surface area contributed by atoms with Crippen molar-refractivity contribution in [3.8, 4) is 18.1 Å². The molecule has 39 heavy (non-hydrogen) atoms. The Morgan fingerprint density at radius 1 is 1.15 bits per heavy atom. The molecule has 0 radical (unpaired) electrons. The molecule has 4 heterocycles. The summed E-state index contributed by atoms with van der Waals surface area (Å²) in [6.45, 7) is 8.06. The third-order valence-electron chi connectivity index (χ3n) is 8.03. The lowest BCUT2D eigenvalue weighted by atomic mass is 10.0. The lowest BCUT2D eigenvalue weighted by Gasteiger charge is -2.42. The number of para-hydroxylation sites is 1. The summed E-state index contributed by atoms with van der Waals surface area (Å²) in [6.07, 6.45) is 4.50. The maximum atomic E-state index is 12.4. The fraction of sp³-hybridized carbons (Fsp3) is 0.483. The van der Waals surface area contributed by atoms with Crippen molar-refractivity contribution in [1.29, 1.82) is 10.5 Å². The van der Waals surface area contributed by atoms with Gasteiger partial charge in [0.2, 0.25) is 5.91 Å². The Balaban J connectivity index is 1.46. The molecular weight excluding hydrogens is 492 g/mol. The largest absolute Gasteiger partial charge is 0.462 e. The molecule has 0 N–H and O–H groups in total. The molecule has 0 spiro atoms. The molecule has 0 bridgehead atoms. The molecule has 1 aromatic carbocycles. The van der Waals surface area contributed by atoms with E-state index in [1.807, 2.05) is 24.3 Å². The van der Waals surface area contributed by atoms with Crippen molar-refractivity contribution >= 4 is 17.4 Å². The predicted octanol–water partition coefficient (Wildman–Crippen LogP) is 2.50. The number of hydrogen-bond donors (Lipinski definition) is 0. The third kappa shape index (κ3) is 5.52. The summed E-state index contributed by atoms with van der Waals surface area (Å²) in [4.78, 5) is 30.6. The number of amides is 1. The lowest BCUT2D eigenvalue weighted by Crippen LogP contribution is -2.55. The highest BCUT2D eigenvalue weighted by atomic mass is 16.5. The number of nitrogens with zero attached hydrogens (tertiary/aromatic N) is 8. The van der Waals surface area contributed by atoms with Gasteiger partial charge in [-0.25, -0.2) is 0 Å². The molecule has 0 aliphatic carbocycles. The summed E-state index contributed by atoms with van der Waals surface area (Å²) in [5, 5.41) is 19.1. The number of likely N-dealkylation sites (tertiary alicyclic amines) is 1. The van der Waals surface area contributed by atoms with Gasteiger partial charge in [-0.15, -0.1) is 0 Å². The predicted molar refractivity (Wildman–Crippen MR) is 147 cm³/mol. The maximum Gasteiger partial charge on any atom is 0.318 e. The van der Waals surface area contributed by atoms with Gasteiger partial charge < -0.3 is 24.3 Å². The number of hydrogen-bond acceptors (Lipinski definition) is 9. The molecule has 3 aliphatic rings. The van der Waals surface area contributed by atoms with Crippen LogP contribution in [-0.2, 0) is 17.8 Å². The Morgan fingerprint density at radius 3 is 2.74 bits per heavy atom. The average Bonchev–Trinajstić information content (AvgIpc) is 3.39. The van der Waals surface area contributed by atoms with Crippen molar-refractivity contribution in [3.63, 3.8) is 0 Å². The number of anilines is 2. The Hall–Kier alpha value is -4.15. The molecule has 2 aromatic rings. The summed E-state index contributed by atoms with van der Waals surface area (Å²) >= 11 is 0. The topological polar surface area (TPSA) is 113 Å². The van der Waals surface area contributed by atoms with Crippen molar-refractivity contribution in [3.05, 3.63) is 53.7 Å². The Morgan fingerprint density at radius 2 is 2.00 bits per heavy atom. The van der Waals surface area contributed by atoms with Gasteiger partial charge in [-0.1, -0.05) is 18.7 Å². The number of benzene rings is 1. The second kappa shape index (κ2) is 11.7. The average molecular weight is 527 g/mol. The fourth-order valence-electron chi connectivity index (χ4n) is 5.86. The summed E-state index contributed by atoms with van der Waals surface area (Å²) < 4.78 is 6.20. The number of nitriles is 2. The smallest absolute Gasteiger partial charge is 0.318 e. The number of ether oxygens (including phenoxy) is 1. The van der Waals surface area contributed by atoms with E-state index in [0.29, 0.717) is 56.8 Å². The molecule has 2 saturated heterocycles. The first-order valence-corrected chi connectivity index (χ1v) is 13.5. The van der Waals surface area contributed by atoms with Gasteiger partial charge in [0.25, 0.3) is 0 Å². The number of fused-ring (bicyclic) bond motifs is 1. The summed E-state index contributed by atoms with van der Waals surface area (Å²) in [5.41, 5.74) is 3.48. The van der Waals surface area contributed by atoms with Gasteiger partial charge in [0.15, 0.2) is 0 Å². The molecule has 3 aliphatic heterocycles. The monoisotopic (exact) mass is 526 g/mol. The van der Waals surface area contributed by atoms with E-state index in [1.54, 1.807) is 4.90 Å². The molecule has 1 amide bonds. The first-order chi connectivity index (χ1) is 19.0. The van der Waals surface area contributed by atoms with Crippen LogP contribution in [-0.4, -0.2) is 84.1 Å². The van der Waals surface area contributed by atoms with Gasteiger partial charge in [-0.3, -0.25) is 4.79 Å². The fourth-order valence-corrected chi connectivity index (χ4v) is 5.86. The van der Waals surface area contributed by atoms with Crippen molar-refractivity contribution in [1.82, 2.24) is 19.8 Å². The number of rotatable bonds is 7. The lowest BCUT2D eigenvalue weighted by molar-refractivity contribution is -0.128. The number of carbonyl (C=O) groups excluding carboxylic acids is 1. The molecule has 0 unspecified atom stereocenters. The first-order valence-electron chi connectivity index (χ1n) is 13.5. The Kier molecular flexibility index (Phi) is 7.94. The molecule has 5 rings (SSSR count). The minimum atomic E-state index is -0.251. The molecule has 1 aromatic heterocycles. The Bertz CT molecular complexity index is 1320. The zero-order chi connectivity index (χ0) is 27.4. The van der Waals surface area contributed by atoms with E-state index in [2.05, 4.69) is 40.5 Å². The normalized spacial score (nSPS) is 21.2. The highest BCUT2D eigenvalue weighted by Crippen LogP contribution is 2.33. The molecule has 10 nitrogen and oxygen atoms in total. The zero-order valence-corrected chi connectivity index (χ0v) is 22.4. The van der Waals surface area contributed by atoms with Gasteiger partial charge >= 0.3 is 6.01 Å². The summed E-state index contributed by atoms with van der Waals surface area (Å²) in [6, 6.07) is 12.6. The van der Waals surface area contributed by atoms with Gasteiger partial charge in [0.1, 0.15) is 18.5 Å². The summed E-state index contributed by atoms with van der Waals surface area (Å²) in [5.74, 6) is 0.660. The van der Waals surface area contributed by atoms with Crippen LogP contribution in [0.1, 0.15) is 36.1 Å². The SMILES string of the molecule is C=CC(=O)N1CCN(c2nc(OC[C@@H]3CCCN3C)nc3c2CCN(c2ccccc2C#N)C3)C[C@@H]1CC#N. The van der Waals surface area contributed by atoms with Crippen LogP contribution in [0.5, 0.6) is 6.01 Å². The van der Waals surface area contributed by atoms with Crippen LogP contribution in [0, 0.1) is 22.7 Å². The van der Waals surface area contributed by atoms with Crippen LogP contribution >= 0.6 is 0 Å². The van der Waals surface area contributed by atoms with Crippen molar-refractivity contribution in [2.45, 2.75) is 44.3 Å². The van der Waals surface area contributed by atoms with Crippen molar-refractivity contribution in [2.75, 3.05) is 56.2 Å². The number of likely N-dealkylation sites (N-methyl/N-ethyl adjacent to an activating group) is 1. The zero-order valence-electron chi connectivity index (χ0n) is 22.4. The minimum Gasteiger partial charge on any atom is -0.462 e.